The maximum absolute atomic E-state index is 13.2. The summed E-state index contributed by atoms with van der Waals surface area (Å²) in [5, 5.41) is 3.28. The van der Waals surface area contributed by atoms with Gasteiger partial charge in [-0.3, -0.25) is 0 Å². The predicted octanol–water partition coefficient (Wildman–Crippen LogP) is 1.75. The number of anilines is 1. The molecule has 1 aromatic carbocycles. The van der Waals surface area contributed by atoms with Crippen LogP contribution < -0.4 is 11.1 Å². The molecular formula is C9H10ClFN2. The smallest absolute Gasteiger partial charge is 0.164 e. The van der Waals surface area contributed by atoms with Crippen molar-refractivity contribution in [2.75, 3.05) is 18.8 Å². The van der Waals surface area contributed by atoms with Gasteiger partial charge in [0.25, 0.3) is 0 Å². The topological polar surface area (TPSA) is 38.0 Å². The van der Waals surface area contributed by atoms with Crippen LogP contribution in [0.1, 0.15) is 11.5 Å². The summed E-state index contributed by atoms with van der Waals surface area (Å²) in [7, 11) is 0. The van der Waals surface area contributed by atoms with Crippen LogP contribution in [0.25, 0.3) is 0 Å². The first-order valence-corrected chi connectivity index (χ1v) is 4.52. The number of hydrogen-bond acceptors (Lipinski definition) is 2. The Labute approximate surface area is 80.9 Å². The summed E-state index contributed by atoms with van der Waals surface area (Å²) in [5.41, 5.74) is 6.34. The molecule has 1 aliphatic rings. The maximum Gasteiger partial charge on any atom is 0.164 e. The van der Waals surface area contributed by atoms with Crippen molar-refractivity contribution in [3.63, 3.8) is 0 Å². The normalized spacial score (nSPS) is 17.1. The SMILES string of the molecule is Nc1ccc(C2CNC2)c(Cl)c1F. The number of nitrogens with one attached hydrogen (secondary N) is 1. The van der Waals surface area contributed by atoms with Gasteiger partial charge in [-0.2, -0.15) is 0 Å². The molecule has 0 aliphatic carbocycles. The average molecular weight is 201 g/mol. The van der Waals surface area contributed by atoms with Crippen molar-refractivity contribution in [1.29, 1.82) is 0 Å². The molecule has 70 valence electrons. The summed E-state index contributed by atoms with van der Waals surface area (Å²) < 4.78 is 13.2. The van der Waals surface area contributed by atoms with Gasteiger partial charge in [-0.15, -0.1) is 0 Å². The summed E-state index contributed by atoms with van der Waals surface area (Å²) in [5.74, 6) is -0.159. The molecule has 0 spiro atoms. The van der Waals surface area contributed by atoms with E-state index in [0.717, 1.165) is 18.7 Å². The maximum atomic E-state index is 13.2. The lowest BCUT2D eigenvalue weighted by Gasteiger charge is -2.28. The molecule has 0 radical (unpaired) electrons. The number of nitrogen functional groups attached to an aromatic ring is 1. The minimum Gasteiger partial charge on any atom is -0.396 e. The van der Waals surface area contributed by atoms with E-state index in [2.05, 4.69) is 5.32 Å². The molecule has 4 heteroatoms. The van der Waals surface area contributed by atoms with Crippen LogP contribution in [0.3, 0.4) is 0 Å². The van der Waals surface area contributed by atoms with Crippen molar-refractivity contribution >= 4 is 17.3 Å². The zero-order chi connectivity index (χ0) is 9.42. The third kappa shape index (κ3) is 1.38. The highest BCUT2D eigenvalue weighted by atomic mass is 35.5. The Bertz CT molecular complexity index is 337. The number of benzene rings is 1. The predicted molar refractivity (Wildman–Crippen MR) is 51.4 cm³/mol. The summed E-state index contributed by atoms with van der Waals surface area (Å²) in [6, 6.07) is 3.36. The Hall–Kier alpha value is -0.800. The number of rotatable bonds is 1. The first-order valence-electron chi connectivity index (χ1n) is 4.14. The average Bonchev–Trinajstić information content (AvgIpc) is 2.03. The summed E-state index contributed by atoms with van der Waals surface area (Å²) in [6.45, 7) is 1.73. The Kier molecular flexibility index (Phi) is 2.14. The zero-order valence-corrected chi connectivity index (χ0v) is 7.74. The van der Waals surface area contributed by atoms with Gasteiger partial charge in [0.15, 0.2) is 5.82 Å². The standard InChI is InChI=1S/C9H10ClFN2/c10-8-6(5-3-13-4-5)1-2-7(12)9(8)11/h1-2,5,13H,3-4,12H2. The van der Waals surface area contributed by atoms with Crippen LogP contribution in [0, 0.1) is 5.82 Å². The fourth-order valence-electron chi connectivity index (χ4n) is 1.40. The van der Waals surface area contributed by atoms with E-state index in [1.807, 2.05) is 0 Å². The second-order valence-electron chi connectivity index (χ2n) is 3.23. The third-order valence-corrected chi connectivity index (χ3v) is 2.75. The molecule has 0 saturated carbocycles. The highest BCUT2D eigenvalue weighted by Crippen LogP contribution is 2.31. The summed E-state index contributed by atoms with van der Waals surface area (Å²) in [6.07, 6.45) is 0. The van der Waals surface area contributed by atoms with Gasteiger partial charge in [0.2, 0.25) is 0 Å². The Morgan fingerprint density at radius 3 is 2.69 bits per heavy atom. The quantitative estimate of drug-likeness (QED) is 0.678. The van der Waals surface area contributed by atoms with Gasteiger partial charge < -0.3 is 11.1 Å². The first kappa shape index (κ1) is 8.78. The van der Waals surface area contributed by atoms with Crippen LogP contribution in [-0.2, 0) is 0 Å². The lowest BCUT2D eigenvalue weighted by atomic mass is 9.93. The van der Waals surface area contributed by atoms with Crippen molar-refractivity contribution in [1.82, 2.24) is 5.32 Å². The van der Waals surface area contributed by atoms with Crippen molar-refractivity contribution in [2.45, 2.75) is 5.92 Å². The molecule has 13 heavy (non-hydrogen) atoms. The highest BCUT2D eigenvalue weighted by Gasteiger charge is 2.23. The Morgan fingerprint density at radius 1 is 1.46 bits per heavy atom. The first-order chi connectivity index (χ1) is 6.20. The van der Waals surface area contributed by atoms with Crippen molar-refractivity contribution < 1.29 is 4.39 Å². The summed E-state index contributed by atoms with van der Waals surface area (Å²) >= 11 is 5.82. The number of nitrogens with two attached hydrogens (primary N) is 1. The molecule has 2 rings (SSSR count). The molecule has 2 nitrogen and oxygen atoms in total. The van der Waals surface area contributed by atoms with E-state index in [-0.39, 0.29) is 10.7 Å². The van der Waals surface area contributed by atoms with E-state index in [1.54, 1.807) is 12.1 Å². The van der Waals surface area contributed by atoms with E-state index in [0.29, 0.717) is 5.92 Å². The van der Waals surface area contributed by atoms with Gasteiger partial charge in [-0.25, -0.2) is 4.39 Å². The van der Waals surface area contributed by atoms with Crippen LogP contribution >= 0.6 is 11.6 Å². The molecule has 0 atom stereocenters. The van der Waals surface area contributed by atoms with Crippen LogP contribution in [0.2, 0.25) is 5.02 Å². The van der Waals surface area contributed by atoms with Crippen LogP contribution in [0.15, 0.2) is 12.1 Å². The Morgan fingerprint density at radius 2 is 2.15 bits per heavy atom. The molecule has 1 saturated heterocycles. The lowest BCUT2D eigenvalue weighted by molar-refractivity contribution is 0.446. The van der Waals surface area contributed by atoms with Gasteiger partial charge in [0, 0.05) is 19.0 Å². The van der Waals surface area contributed by atoms with Crippen molar-refractivity contribution in [2.24, 2.45) is 0 Å². The molecule has 1 aromatic rings. The van der Waals surface area contributed by atoms with Gasteiger partial charge in [0.1, 0.15) is 0 Å². The molecule has 1 heterocycles. The molecule has 0 bridgehead atoms. The van der Waals surface area contributed by atoms with Gasteiger partial charge in [-0.1, -0.05) is 17.7 Å². The van der Waals surface area contributed by atoms with E-state index < -0.39 is 5.82 Å². The minimum atomic E-state index is -0.494. The van der Waals surface area contributed by atoms with E-state index in [4.69, 9.17) is 17.3 Å². The van der Waals surface area contributed by atoms with Crippen LogP contribution in [0.4, 0.5) is 10.1 Å². The number of halogens is 2. The number of hydrogen-bond donors (Lipinski definition) is 2. The van der Waals surface area contributed by atoms with E-state index in [1.165, 1.54) is 0 Å². The molecule has 1 fully saturated rings. The van der Waals surface area contributed by atoms with Gasteiger partial charge in [0.05, 0.1) is 10.7 Å². The van der Waals surface area contributed by atoms with E-state index in [9.17, 15) is 4.39 Å². The minimum absolute atomic E-state index is 0.112. The molecule has 0 aromatic heterocycles. The van der Waals surface area contributed by atoms with Crippen molar-refractivity contribution in [3.8, 4) is 0 Å². The molecule has 3 N–H and O–H groups in total. The van der Waals surface area contributed by atoms with E-state index >= 15 is 0 Å². The molecule has 1 aliphatic heterocycles. The highest BCUT2D eigenvalue weighted by molar-refractivity contribution is 6.31. The largest absolute Gasteiger partial charge is 0.396 e. The molecular weight excluding hydrogens is 191 g/mol. The van der Waals surface area contributed by atoms with Crippen LogP contribution in [-0.4, -0.2) is 13.1 Å². The fraction of sp³-hybridized carbons (Fsp3) is 0.333. The molecule has 0 unspecified atom stereocenters. The van der Waals surface area contributed by atoms with Crippen LogP contribution in [0.5, 0.6) is 0 Å². The third-order valence-electron chi connectivity index (χ3n) is 2.36. The monoisotopic (exact) mass is 200 g/mol. The van der Waals surface area contributed by atoms with Gasteiger partial charge in [-0.05, 0) is 11.6 Å². The zero-order valence-electron chi connectivity index (χ0n) is 6.98. The lowest BCUT2D eigenvalue weighted by Crippen LogP contribution is -2.40. The fourth-order valence-corrected chi connectivity index (χ4v) is 1.73. The molecule has 0 amide bonds. The van der Waals surface area contributed by atoms with Crippen molar-refractivity contribution in [3.05, 3.63) is 28.5 Å². The van der Waals surface area contributed by atoms with Gasteiger partial charge >= 0.3 is 0 Å². The second-order valence-corrected chi connectivity index (χ2v) is 3.61. The Balaban J connectivity index is 2.41. The second kappa shape index (κ2) is 3.16. The summed E-state index contributed by atoms with van der Waals surface area (Å²) in [4.78, 5) is 0.